The Morgan fingerprint density at radius 2 is 0.805 bits per heavy atom. The monoisotopic (exact) mass is 1100 g/mol. The maximum absolute atomic E-state index is 13.2. The van der Waals surface area contributed by atoms with Crippen LogP contribution in [0.4, 0.5) is 0 Å². The number of aliphatic hydroxyl groups excluding tert-OH is 8. The largest absolute Gasteiger partial charge is 0.394 e. The van der Waals surface area contributed by atoms with Crippen molar-refractivity contribution in [2.75, 3.05) is 19.8 Å². The Hall–Kier alpha value is -1.27. The van der Waals surface area contributed by atoms with Crippen LogP contribution in [0.3, 0.4) is 0 Å². The molecule has 0 aromatic heterocycles. The van der Waals surface area contributed by atoms with E-state index < -0.39 is 86.8 Å². The van der Waals surface area contributed by atoms with Gasteiger partial charge in [0.15, 0.2) is 12.6 Å². The molecule has 0 aromatic rings. The zero-order chi connectivity index (χ0) is 56.0. The van der Waals surface area contributed by atoms with Gasteiger partial charge >= 0.3 is 0 Å². The van der Waals surface area contributed by atoms with Crippen LogP contribution in [0.5, 0.6) is 0 Å². The van der Waals surface area contributed by atoms with Gasteiger partial charge in [-0.2, -0.15) is 0 Å². The zero-order valence-electron chi connectivity index (χ0n) is 49.2. The standard InChI is InChI=1S/C63H121NO13/c1-3-5-7-9-11-13-14-15-16-17-18-19-20-21-22-23-24-25-26-27-28-29-30-31-32-33-34-35-36-37-38-39-41-43-45-47-55(68)64-51(52(67)46-44-42-40-12-10-8-6-4-2)50-74-62-60(73)58(71)61(54(49-66)76-62)77-63-59(72)57(70)56(69)53(48-65)75-63/h44,46,51-54,56-63,65-67,69-73H,3-43,45,47-50H2,1-2H3,(H,64,68)/b46-44+. The minimum absolute atomic E-state index is 0.237. The number of nitrogens with one attached hydrogen (secondary N) is 1. The lowest BCUT2D eigenvalue weighted by Crippen LogP contribution is -2.65. The second-order valence-corrected chi connectivity index (χ2v) is 23.3. The van der Waals surface area contributed by atoms with Crippen LogP contribution in [0.2, 0.25) is 0 Å². The van der Waals surface area contributed by atoms with Gasteiger partial charge in [0.2, 0.25) is 5.91 Å². The van der Waals surface area contributed by atoms with Gasteiger partial charge in [0.25, 0.3) is 0 Å². The highest BCUT2D eigenvalue weighted by molar-refractivity contribution is 5.76. The smallest absolute Gasteiger partial charge is 0.220 e. The molecule has 1 amide bonds. The first-order valence-electron chi connectivity index (χ1n) is 32.4. The van der Waals surface area contributed by atoms with E-state index in [2.05, 4.69) is 19.2 Å². The van der Waals surface area contributed by atoms with Crippen molar-refractivity contribution in [2.24, 2.45) is 0 Å². The van der Waals surface area contributed by atoms with E-state index in [-0.39, 0.29) is 18.9 Å². The molecule has 0 saturated carbocycles. The van der Waals surface area contributed by atoms with E-state index >= 15 is 0 Å². The summed E-state index contributed by atoms with van der Waals surface area (Å²) in [5.41, 5.74) is 0. The summed E-state index contributed by atoms with van der Waals surface area (Å²) in [6.45, 7) is 2.77. The number of hydrogen-bond acceptors (Lipinski definition) is 13. The first-order chi connectivity index (χ1) is 37.6. The third kappa shape index (κ3) is 34.7. The third-order valence-corrected chi connectivity index (χ3v) is 16.2. The Balaban J connectivity index is 1.53. The number of rotatable bonds is 53. The molecule has 12 atom stereocenters. The molecule has 0 aliphatic carbocycles. The van der Waals surface area contributed by atoms with Crippen LogP contribution in [-0.4, -0.2) is 140 Å². The molecule has 2 aliphatic heterocycles. The predicted molar refractivity (Wildman–Crippen MR) is 309 cm³/mol. The van der Waals surface area contributed by atoms with E-state index in [0.717, 1.165) is 44.9 Å². The van der Waals surface area contributed by atoms with E-state index in [9.17, 15) is 45.6 Å². The lowest BCUT2D eigenvalue weighted by molar-refractivity contribution is -0.359. The lowest BCUT2D eigenvalue weighted by atomic mass is 9.97. The van der Waals surface area contributed by atoms with Gasteiger partial charge in [-0.25, -0.2) is 0 Å². The first kappa shape index (κ1) is 71.8. The number of carbonyl (C=O) groups excluding carboxylic acids is 1. The van der Waals surface area contributed by atoms with Gasteiger partial charge in [-0.05, 0) is 19.3 Å². The highest BCUT2D eigenvalue weighted by Gasteiger charge is 2.51. The van der Waals surface area contributed by atoms with Gasteiger partial charge in [-0.15, -0.1) is 0 Å². The van der Waals surface area contributed by atoms with Gasteiger partial charge < -0.3 is 65.1 Å². The Labute approximate surface area is 469 Å². The molecule has 2 rings (SSSR count). The summed E-state index contributed by atoms with van der Waals surface area (Å²) in [5.74, 6) is -0.237. The number of unbranched alkanes of at least 4 members (excludes halogenated alkanes) is 40. The molecule has 2 fully saturated rings. The van der Waals surface area contributed by atoms with Gasteiger partial charge in [0.05, 0.1) is 32.0 Å². The molecular weight excluding hydrogens is 979 g/mol. The van der Waals surface area contributed by atoms with Crippen molar-refractivity contribution < 1.29 is 64.6 Å². The molecule has 2 heterocycles. The van der Waals surface area contributed by atoms with Gasteiger partial charge in [0.1, 0.15) is 48.8 Å². The molecule has 0 radical (unpaired) electrons. The van der Waals surface area contributed by atoms with Crippen LogP contribution in [0.25, 0.3) is 0 Å². The molecule has 456 valence electrons. The number of allylic oxidation sites excluding steroid dienone is 1. The molecule has 0 aromatic carbocycles. The molecule has 12 unspecified atom stereocenters. The minimum atomic E-state index is -1.78. The second kappa shape index (κ2) is 49.3. The maximum Gasteiger partial charge on any atom is 0.220 e. The van der Waals surface area contributed by atoms with Crippen molar-refractivity contribution in [3.63, 3.8) is 0 Å². The Bertz CT molecular complexity index is 1340. The lowest BCUT2D eigenvalue weighted by Gasteiger charge is -2.46. The average molecular weight is 1100 g/mol. The molecule has 0 bridgehead atoms. The topological polar surface area (TPSA) is 228 Å². The fraction of sp³-hybridized carbons (Fsp3) is 0.952. The Morgan fingerprint density at radius 3 is 1.19 bits per heavy atom. The Kier molecular flexibility index (Phi) is 46.0. The molecule has 0 spiro atoms. The van der Waals surface area contributed by atoms with Crippen LogP contribution in [-0.2, 0) is 23.7 Å². The van der Waals surface area contributed by atoms with Crippen molar-refractivity contribution in [2.45, 2.75) is 364 Å². The van der Waals surface area contributed by atoms with Crippen LogP contribution >= 0.6 is 0 Å². The number of amides is 1. The summed E-state index contributed by atoms with van der Waals surface area (Å²) in [7, 11) is 0. The predicted octanol–water partition coefficient (Wildman–Crippen LogP) is 11.8. The third-order valence-electron chi connectivity index (χ3n) is 16.2. The van der Waals surface area contributed by atoms with E-state index in [1.54, 1.807) is 6.08 Å². The maximum atomic E-state index is 13.2. The number of aliphatic hydroxyl groups is 8. The molecule has 9 N–H and O–H groups in total. The highest BCUT2D eigenvalue weighted by atomic mass is 16.7. The second-order valence-electron chi connectivity index (χ2n) is 23.3. The van der Waals surface area contributed by atoms with Crippen molar-refractivity contribution in [3.05, 3.63) is 12.2 Å². The fourth-order valence-corrected chi connectivity index (χ4v) is 11.0. The average Bonchev–Trinajstić information content (AvgIpc) is 3.44. The van der Waals surface area contributed by atoms with E-state index in [4.69, 9.17) is 18.9 Å². The fourth-order valence-electron chi connectivity index (χ4n) is 11.0. The number of ether oxygens (including phenoxy) is 4. The molecule has 14 nitrogen and oxygen atoms in total. The summed E-state index contributed by atoms with van der Waals surface area (Å²) in [6, 6.07) is -0.907. The Morgan fingerprint density at radius 1 is 0.455 bits per heavy atom. The number of hydrogen-bond donors (Lipinski definition) is 9. The van der Waals surface area contributed by atoms with Crippen molar-refractivity contribution in [1.29, 1.82) is 0 Å². The van der Waals surface area contributed by atoms with E-state index in [1.165, 1.54) is 218 Å². The van der Waals surface area contributed by atoms with Gasteiger partial charge in [-0.3, -0.25) is 4.79 Å². The zero-order valence-corrected chi connectivity index (χ0v) is 49.2. The molecule has 77 heavy (non-hydrogen) atoms. The van der Waals surface area contributed by atoms with Crippen molar-refractivity contribution in [1.82, 2.24) is 5.32 Å². The summed E-state index contributed by atoms with van der Waals surface area (Å²) in [6.07, 6.45) is 41.9. The van der Waals surface area contributed by atoms with Crippen molar-refractivity contribution >= 4 is 5.91 Å². The van der Waals surface area contributed by atoms with Crippen LogP contribution < -0.4 is 5.32 Å². The summed E-state index contributed by atoms with van der Waals surface area (Å²) in [4.78, 5) is 13.2. The van der Waals surface area contributed by atoms with Crippen molar-refractivity contribution in [3.8, 4) is 0 Å². The van der Waals surface area contributed by atoms with Gasteiger partial charge in [0, 0.05) is 6.42 Å². The molecule has 2 saturated heterocycles. The molecule has 2 aliphatic rings. The molecular formula is C63H121NO13. The summed E-state index contributed by atoms with van der Waals surface area (Å²) in [5, 5.41) is 86.8. The van der Waals surface area contributed by atoms with E-state index in [1.807, 2.05) is 6.08 Å². The normalized spacial score (nSPS) is 24.7. The quantitative estimate of drug-likeness (QED) is 0.0204. The van der Waals surface area contributed by atoms with Crippen LogP contribution in [0.15, 0.2) is 12.2 Å². The highest BCUT2D eigenvalue weighted by Crippen LogP contribution is 2.30. The van der Waals surface area contributed by atoms with E-state index in [0.29, 0.717) is 6.42 Å². The molecule has 14 heteroatoms. The minimum Gasteiger partial charge on any atom is -0.394 e. The van der Waals surface area contributed by atoms with Crippen LogP contribution in [0, 0.1) is 0 Å². The van der Waals surface area contributed by atoms with Gasteiger partial charge in [-0.1, -0.05) is 276 Å². The SMILES string of the molecule is CCCCCCCC/C=C/C(O)C(COC1OC(CO)C(OC2OC(CO)C(O)C(O)C2O)C(O)C1O)NC(=O)CCCCCCCCCCCCCCCCCCCCCCCCCCCCCCCCCCCCC. The first-order valence-corrected chi connectivity index (χ1v) is 32.4. The summed E-state index contributed by atoms with van der Waals surface area (Å²) < 4.78 is 22.7. The van der Waals surface area contributed by atoms with Crippen LogP contribution in [0.1, 0.15) is 290 Å². The summed E-state index contributed by atoms with van der Waals surface area (Å²) >= 11 is 0. The number of carbonyl (C=O) groups is 1.